The second kappa shape index (κ2) is 6.95. The van der Waals surface area contributed by atoms with Crippen molar-refractivity contribution >= 4 is 23.2 Å². The minimum atomic E-state index is -0.232. The van der Waals surface area contributed by atoms with Crippen molar-refractivity contribution in [3.63, 3.8) is 0 Å². The number of benzene rings is 1. The molecule has 2 nitrogen and oxygen atoms in total. The summed E-state index contributed by atoms with van der Waals surface area (Å²) >= 11 is 11.8. The molecule has 0 aliphatic rings. The number of halogens is 3. The summed E-state index contributed by atoms with van der Waals surface area (Å²) in [6.07, 6.45) is 0. The van der Waals surface area contributed by atoms with Crippen LogP contribution in [-0.4, -0.2) is 4.98 Å². The Labute approximate surface area is 140 Å². The van der Waals surface area contributed by atoms with E-state index in [0.717, 1.165) is 11.1 Å². The Kier molecular flexibility index (Phi) is 5.43. The van der Waals surface area contributed by atoms with Gasteiger partial charge in [-0.1, -0.05) is 56.1 Å². The summed E-state index contributed by atoms with van der Waals surface area (Å²) in [4.78, 5) is 3.94. The summed E-state index contributed by atoms with van der Waals surface area (Å²) in [5.41, 5.74) is 1.97. The number of nitrogens with one attached hydrogen (secondary N) is 1. The maximum Gasteiger partial charge on any atom is 0.131 e. The summed E-state index contributed by atoms with van der Waals surface area (Å²) in [5.74, 6) is -0.232. The van der Waals surface area contributed by atoms with Gasteiger partial charge in [0.25, 0.3) is 0 Å². The van der Waals surface area contributed by atoms with Gasteiger partial charge in [0.05, 0.1) is 0 Å². The molecule has 0 spiro atoms. The first-order chi connectivity index (χ1) is 10.3. The van der Waals surface area contributed by atoms with Crippen molar-refractivity contribution in [1.82, 2.24) is 10.3 Å². The highest BCUT2D eigenvalue weighted by Crippen LogP contribution is 2.33. The molecule has 0 saturated carbocycles. The molecule has 0 amide bonds. The summed E-state index contributed by atoms with van der Waals surface area (Å²) < 4.78 is 13.1. The zero-order chi connectivity index (χ0) is 16.3. The van der Waals surface area contributed by atoms with E-state index in [0.29, 0.717) is 16.9 Å². The lowest BCUT2D eigenvalue weighted by atomic mass is 9.82. The van der Waals surface area contributed by atoms with E-state index in [4.69, 9.17) is 23.2 Å². The fraction of sp³-hybridized carbons (Fsp3) is 0.353. The average molecular weight is 341 g/mol. The monoisotopic (exact) mass is 340 g/mol. The van der Waals surface area contributed by atoms with Gasteiger partial charge < -0.3 is 5.32 Å². The van der Waals surface area contributed by atoms with Crippen LogP contribution in [0.3, 0.4) is 0 Å². The maximum atomic E-state index is 13.1. The Bertz CT molecular complexity index is 616. The molecule has 0 aliphatic heterocycles. The molecule has 2 aromatic rings. The predicted octanol–water partition coefficient (Wildman–Crippen LogP) is 5.40. The van der Waals surface area contributed by atoms with E-state index in [2.05, 4.69) is 31.1 Å². The molecule has 2 rings (SSSR count). The van der Waals surface area contributed by atoms with Crippen molar-refractivity contribution in [3.8, 4) is 0 Å². The number of rotatable bonds is 4. The number of hydrogen-bond acceptors (Lipinski definition) is 2. The fourth-order valence-electron chi connectivity index (χ4n) is 2.42. The molecule has 5 heteroatoms. The van der Waals surface area contributed by atoms with Gasteiger partial charge in [0.2, 0.25) is 0 Å². The van der Waals surface area contributed by atoms with E-state index < -0.39 is 0 Å². The van der Waals surface area contributed by atoms with Crippen LogP contribution < -0.4 is 5.32 Å². The third-order valence-corrected chi connectivity index (χ3v) is 3.79. The van der Waals surface area contributed by atoms with Crippen LogP contribution in [0.2, 0.25) is 10.3 Å². The van der Waals surface area contributed by atoms with Crippen LogP contribution in [-0.2, 0) is 6.54 Å². The van der Waals surface area contributed by atoms with Crippen LogP contribution in [0.25, 0.3) is 0 Å². The van der Waals surface area contributed by atoms with Gasteiger partial charge >= 0.3 is 0 Å². The summed E-state index contributed by atoms with van der Waals surface area (Å²) in [6, 6.07) is 10.2. The molecular formula is C17H19Cl2FN2. The van der Waals surface area contributed by atoms with Gasteiger partial charge in [-0.3, -0.25) is 0 Å². The van der Waals surface area contributed by atoms with Gasteiger partial charge in [-0.05, 0) is 40.8 Å². The van der Waals surface area contributed by atoms with Crippen LogP contribution in [0.1, 0.15) is 37.9 Å². The third-order valence-electron chi connectivity index (χ3n) is 3.40. The molecule has 1 aromatic heterocycles. The second-order valence-electron chi connectivity index (χ2n) is 6.35. The van der Waals surface area contributed by atoms with Gasteiger partial charge in [0.1, 0.15) is 16.1 Å². The molecule has 1 unspecified atom stereocenters. The predicted molar refractivity (Wildman–Crippen MR) is 89.7 cm³/mol. The smallest absolute Gasteiger partial charge is 0.131 e. The highest BCUT2D eigenvalue weighted by Gasteiger charge is 2.25. The highest BCUT2D eigenvalue weighted by molar-refractivity contribution is 6.32. The Balaban J connectivity index is 2.19. The molecule has 118 valence electrons. The van der Waals surface area contributed by atoms with Crippen LogP contribution in [0.4, 0.5) is 4.39 Å². The Morgan fingerprint density at radius 1 is 1.09 bits per heavy atom. The molecule has 0 aliphatic carbocycles. The molecule has 1 heterocycles. The second-order valence-corrected chi connectivity index (χ2v) is 7.13. The zero-order valence-corrected chi connectivity index (χ0v) is 14.3. The summed E-state index contributed by atoms with van der Waals surface area (Å²) in [6.45, 7) is 7.02. The van der Waals surface area contributed by atoms with E-state index in [-0.39, 0.29) is 17.3 Å². The van der Waals surface area contributed by atoms with Crippen molar-refractivity contribution < 1.29 is 4.39 Å². The Morgan fingerprint density at radius 3 is 2.14 bits per heavy atom. The van der Waals surface area contributed by atoms with Crippen LogP contribution >= 0.6 is 23.2 Å². The number of nitrogens with zero attached hydrogens (tertiary/aromatic N) is 1. The number of hydrogen-bond donors (Lipinski definition) is 1. The van der Waals surface area contributed by atoms with Gasteiger partial charge in [0.15, 0.2) is 0 Å². The third kappa shape index (κ3) is 4.67. The van der Waals surface area contributed by atoms with E-state index in [1.54, 1.807) is 12.1 Å². The first-order valence-electron chi connectivity index (χ1n) is 7.06. The number of aromatic nitrogens is 1. The summed E-state index contributed by atoms with van der Waals surface area (Å²) in [7, 11) is 0. The Hall–Kier alpha value is -1.16. The topological polar surface area (TPSA) is 24.9 Å². The SMILES string of the molecule is CC(C)(C)C(NCc1cc(Cl)nc(Cl)c1)c1ccc(F)cc1. The molecule has 1 N–H and O–H groups in total. The molecule has 0 radical (unpaired) electrons. The van der Waals surface area contributed by atoms with Gasteiger partial charge in [-0.15, -0.1) is 0 Å². The van der Waals surface area contributed by atoms with E-state index in [1.165, 1.54) is 12.1 Å². The lowest BCUT2D eigenvalue weighted by Crippen LogP contribution is -2.32. The molecule has 1 atom stereocenters. The fourth-order valence-corrected chi connectivity index (χ4v) is 2.92. The molecule has 0 saturated heterocycles. The van der Waals surface area contributed by atoms with E-state index >= 15 is 0 Å². The van der Waals surface area contributed by atoms with Crippen LogP contribution in [0, 0.1) is 11.2 Å². The zero-order valence-electron chi connectivity index (χ0n) is 12.8. The van der Waals surface area contributed by atoms with E-state index in [1.807, 2.05) is 12.1 Å². The lowest BCUT2D eigenvalue weighted by molar-refractivity contribution is 0.271. The average Bonchev–Trinajstić information content (AvgIpc) is 2.38. The molecule has 22 heavy (non-hydrogen) atoms. The van der Waals surface area contributed by atoms with Crippen molar-refractivity contribution in [2.75, 3.05) is 0 Å². The molecule has 0 fully saturated rings. The Morgan fingerprint density at radius 2 is 1.64 bits per heavy atom. The minimum absolute atomic E-state index is 0.0293. The normalized spacial score (nSPS) is 13.2. The van der Waals surface area contributed by atoms with Gasteiger partial charge in [-0.25, -0.2) is 9.37 Å². The van der Waals surface area contributed by atoms with Gasteiger partial charge in [-0.2, -0.15) is 0 Å². The van der Waals surface area contributed by atoms with Crippen molar-refractivity contribution in [2.45, 2.75) is 33.4 Å². The van der Waals surface area contributed by atoms with Crippen LogP contribution in [0.5, 0.6) is 0 Å². The first-order valence-corrected chi connectivity index (χ1v) is 7.82. The minimum Gasteiger partial charge on any atom is -0.305 e. The van der Waals surface area contributed by atoms with Crippen molar-refractivity contribution in [3.05, 3.63) is 63.6 Å². The number of pyridine rings is 1. The van der Waals surface area contributed by atoms with Crippen molar-refractivity contribution in [2.24, 2.45) is 5.41 Å². The standard InChI is InChI=1S/C17H19Cl2FN2/c1-17(2,3)16(12-4-6-13(20)7-5-12)21-10-11-8-14(18)22-15(19)9-11/h4-9,16,21H,10H2,1-3H3. The quantitative estimate of drug-likeness (QED) is 0.753. The maximum absolute atomic E-state index is 13.1. The largest absolute Gasteiger partial charge is 0.305 e. The summed E-state index contributed by atoms with van der Waals surface area (Å²) in [5, 5.41) is 4.25. The van der Waals surface area contributed by atoms with Crippen molar-refractivity contribution in [1.29, 1.82) is 0 Å². The molecule has 1 aromatic carbocycles. The first kappa shape index (κ1) is 17.2. The van der Waals surface area contributed by atoms with Crippen LogP contribution in [0.15, 0.2) is 36.4 Å². The molecule has 0 bridgehead atoms. The lowest BCUT2D eigenvalue weighted by Gasteiger charge is -2.32. The highest BCUT2D eigenvalue weighted by atomic mass is 35.5. The molecular weight excluding hydrogens is 322 g/mol. The van der Waals surface area contributed by atoms with E-state index in [9.17, 15) is 4.39 Å². The van der Waals surface area contributed by atoms with Gasteiger partial charge in [0, 0.05) is 12.6 Å².